The van der Waals surface area contributed by atoms with Crippen LogP contribution in [0.3, 0.4) is 0 Å². The van der Waals surface area contributed by atoms with Crippen molar-refractivity contribution in [2.24, 2.45) is 0 Å². The Morgan fingerprint density at radius 1 is 1.21 bits per heavy atom. The van der Waals surface area contributed by atoms with Gasteiger partial charge in [0.1, 0.15) is 5.76 Å². The topological polar surface area (TPSA) is 51.9 Å². The van der Waals surface area contributed by atoms with Crippen molar-refractivity contribution in [2.45, 2.75) is 19.7 Å². The maximum absolute atomic E-state index is 12.8. The van der Waals surface area contributed by atoms with E-state index in [1.807, 2.05) is 23.6 Å². The number of hydrogen-bond acceptors (Lipinski definition) is 5. The van der Waals surface area contributed by atoms with E-state index in [4.69, 9.17) is 9.15 Å². The van der Waals surface area contributed by atoms with Crippen LogP contribution in [0.25, 0.3) is 6.08 Å². The number of benzene rings is 1. The van der Waals surface area contributed by atoms with Crippen molar-refractivity contribution in [2.75, 3.05) is 7.11 Å². The normalized spacial score (nSPS) is 11.2. The monoisotopic (exact) mass is 419 g/mol. The van der Waals surface area contributed by atoms with Crippen LogP contribution in [0, 0.1) is 0 Å². The Kier molecular flexibility index (Phi) is 7.02. The molecule has 0 bridgehead atoms. The lowest BCUT2D eigenvalue weighted by atomic mass is 10.2. The maximum Gasteiger partial charge on any atom is 0.387 e. The van der Waals surface area contributed by atoms with Crippen molar-refractivity contribution in [3.8, 4) is 11.5 Å². The molecule has 3 rings (SSSR count). The molecule has 3 aromatic rings. The van der Waals surface area contributed by atoms with Crippen molar-refractivity contribution in [1.82, 2.24) is 4.90 Å². The number of nitrogens with zero attached hydrogens (tertiary/aromatic N) is 1. The van der Waals surface area contributed by atoms with E-state index in [-0.39, 0.29) is 17.4 Å². The molecule has 0 radical (unpaired) electrons. The molecule has 0 aliphatic heterocycles. The van der Waals surface area contributed by atoms with Crippen LogP contribution in [0.15, 0.2) is 64.6 Å². The largest absolute Gasteiger partial charge is 0.493 e. The Balaban J connectivity index is 1.74. The van der Waals surface area contributed by atoms with Gasteiger partial charge in [0.15, 0.2) is 11.5 Å². The average Bonchev–Trinajstić information content (AvgIpc) is 3.40. The first-order valence-electron chi connectivity index (χ1n) is 8.69. The van der Waals surface area contributed by atoms with Gasteiger partial charge in [0.05, 0.1) is 26.5 Å². The zero-order valence-corrected chi connectivity index (χ0v) is 16.4. The molecule has 5 nitrogen and oxygen atoms in total. The summed E-state index contributed by atoms with van der Waals surface area (Å²) in [6.07, 6.45) is 4.59. The number of ether oxygens (including phenoxy) is 2. The second-order valence-corrected chi connectivity index (χ2v) is 7.01. The van der Waals surface area contributed by atoms with Crippen LogP contribution in [-0.4, -0.2) is 24.5 Å². The summed E-state index contributed by atoms with van der Waals surface area (Å²) in [6, 6.07) is 11.9. The molecular formula is C21H19F2NO4S. The SMILES string of the molecule is COc1cc(/C=C/C(=O)N(Cc2ccco2)Cc2cccs2)ccc1OC(F)F. The van der Waals surface area contributed by atoms with Crippen LogP contribution < -0.4 is 9.47 Å². The molecular weight excluding hydrogens is 400 g/mol. The second kappa shape index (κ2) is 9.88. The van der Waals surface area contributed by atoms with E-state index in [1.54, 1.807) is 40.7 Å². The van der Waals surface area contributed by atoms with E-state index in [2.05, 4.69) is 4.74 Å². The number of alkyl halides is 2. The number of halogens is 2. The lowest BCUT2D eigenvalue weighted by Crippen LogP contribution is -2.27. The van der Waals surface area contributed by atoms with Crippen LogP contribution in [-0.2, 0) is 17.9 Å². The molecule has 0 aliphatic carbocycles. The summed E-state index contributed by atoms with van der Waals surface area (Å²) in [6.45, 7) is -2.16. The zero-order chi connectivity index (χ0) is 20.6. The smallest absolute Gasteiger partial charge is 0.387 e. The Morgan fingerprint density at radius 2 is 2.07 bits per heavy atom. The average molecular weight is 419 g/mol. The summed E-state index contributed by atoms with van der Waals surface area (Å²) in [4.78, 5) is 15.5. The first-order valence-corrected chi connectivity index (χ1v) is 9.57. The maximum atomic E-state index is 12.8. The summed E-state index contributed by atoms with van der Waals surface area (Å²) in [7, 11) is 1.36. The van der Waals surface area contributed by atoms with Gasteiger partial charge >= 0.3 is 6.61 Å². The Morgan fingerprint density at radius 3 is 2.72 bits per heavy atom. The van der Waals surface area contributed by atoms with E-state index >= 15 is 0 Å². The summed E-state index contributed by atoms with van der Waals surface area (Å²) < 4.78 is 39.7. The molecule has 2 aromatic heterocycles. The Bertz CT molecular complexity index is 904. The second-order valence-electron chi connectivity index (χ2n) is 5.98. The fourth-order valence-electron chi connectivity index (χ4n) is 2.65. The first-order chi connectivity index (χ1) is 14.0. The number of furan rings is 1. The molecule has 0 atom stereocenters. The highest BCUT2D eigenvalue weighted by atomic mass is 32.1. The minimum Gasteiger partial charge on any atom is -0.493 e. The fourth-order valence-corrected chi connectivity index (χ4v) is 3.37. The molecule has 1 amide bonds. The summed E-state index contributed by atoms with van der Waals surface area (Å²) >= 11 is 1.57. The number of methoxy groups -OCH3 is 1. The number of amides is 1. The Labute approximate surface area is 170 Å². The lowest BCUT2D eigenvalue weighted by Gasteiger charge is -2.19. The zero-order valence-electron chi connectivity index (χ0n) is 15.6. The highest BCUT2D eigenvalue weighted by molar-refractivity contribution is 7.09. The van der Waals surface area contributed by atoms with Gasteiger partial charge < -0.3 is 18.8 Å². The molecule has 0 aliphatic rings. The summed E-state index contributed by atoms with van der Waals surface area (Å²) in [5.41, 5.74) is 0.617. The standard InChI is InChI=1S/C21H19F2NO4S/c1-26-19-12-15(6-8-18(19)28-21(22)23)7-9-20(25)24(13-16-4-2-10-27-16)14-17-5-3-11-29-17/h2-12,21H,13-14H2,1H3/b9-7+. The van der Waals surface area contributed by atoms with Crippen molar-refractivity contribution in [1.29, 1.82) is 0 Å². The Hall–Kier alpha value is -3.13. The first kappa shape index (κ1) is 20.6. The van der Waals surface area contributed by atoms with Gasteiger partial charge in [-0.15, -0.1) is 11.3 Å². The molecule has 0 saturated carbocycles. The number of hydrogen-bond donors (Lipinski definition) is 0. The molecule has 0 saturated heterocycles. The third kappa shape index (κ3) is 5.92. The van der Waals surface area contributed by atoms with Crippen molar-refractivity contribution in [3.05, 3.63) is 76.4 Å². The molecule has 29 heavy (non-hydrogen) atoms. The third-order valence-corrected chi connectivity index (χ3v) is 4.85. The molecule has 0 fully saturated rings. The minimum absolute atomic E-state index is 0.0666. The summed E-state index contributed by atoms with van der Waals surface area (Å²) in [5, 5.41) is 1.95. The predicted molar refractivity (Wildman–Crippen MR) is 106 cm³/mol. The van der Waals surface area contributed by atoms with E-state index in [9.17, 15) is 13.6 Å². The number of thiophene rings is 1. The molecule has 8 heteroatoms. The van der Waals surface area contributed by atoms with Gasteiger partial charge in [-0.1, -0.05) is 12.1 Å². The van der Waals surface area contributed by atoms with Crippen LogP contribution >= 0.6 is 11.3 Å². The van der Waals surface area contributed by atoms with Gasteiger partial charge in [0.25, 0.3) is 0 Å². The van der Waals surface area contributed by atoms with Gasteiger partial charge in [0.2, 0.25) is 5.91 Å². The van der Waals surface area contributed by atoms with Gasteiger partial charge in [0, 0.05) is 11.0 Å². The number of rotatable bonds is 9. The quantitative estimate of drug-likeness (QED) is 0.448. The number of carbonyl (C=O) groups is 1. The molecule has 152 valence electrons. The summed E-state index contributed by atoms with van der Waals surface area (Å²) in [5.74, 6) is 0.564. The van der Waals surface area contributed by atoms with Gasteiger partial charge in [-0.3, -0.25) is 4.79 Å². The molecule has 0 spiro atoms. The molecule has 0 N–H and O–H groups in total. The molecule has 2 heterocycles. The van der Waals surface area contributed by atoms with Crippen molar-refractivity contribution in [3.63, 3.8) is 0 Å². The lowest BCUT2D eigenvalue weighted by molar-refractivity contribution is -0.127. The van der Waals surface area contributed by atoms with E-state index in [0.29, 0.717) is 24.4 Å². The van der Waals surface area contributed by atoms with Gasteiger partial charge in [-0.25, -0.2) is 0 Å². The van der Waals surface area contributed by atoms with Gasteiger partial charge in [-0.05, 0) is 47.4 Å². The van der Waals surface area contributed by atoms with E-state index < -0.39 is 6.61 Å². The highest BCUT2D eigenvalue weighted by Gasteiger charge is 2.15. The number of carbonyl (C=O) groups excluding carboxylic acids is 1. The predicted octanol–water partition coefficient (Wildman–Crippen LogP) is 5.19. The fraction of sp³-hybridized carbons (Fsp3) is 0.190. The van der Waals surface area contributed by atoms with E-state index in [0.717, 1.165) is 4.88 Å². The van der Waals surface area contributed by atoms with Crippen LogP contribution in [0.1, 0.15) is 16.2 Å². The van der Waals surface area contributed by atoms with Crippen LogP contribution in [0.4, 0.5) is 8.78 Å². The molecule has 1 aromatic carbocycles. The van der Waals surface area contributed by atoms with E-state index in [1.165, 1.54) is 25.3 Å². The highest BCUT2D eigenvalue weighted by Crippen LogP contribution is 2.30. The third-order valence-electron chi connectivity index (χ3n) is 3.99. The van der Waals surface area contributed by atoms with Crippen molar-refractivity contribution >= 4 is 23.3 Å². The minimum atomic E-state index is -2.95. The van der Waals surface area contributed by atoms with Crippen LogP contribution in [0.5, 0.6) is 11.5 Å². The van der Waals surface area contributed by atoms with Gasteiger partial charge in [-0.2, -0.15) is 8.78 Å². The van der Waals surface area contributed by atoms with Crippen LogP contribution in [0.2, 0.25) is 0 Å². The molecule has 0 unspecified atom stereocenters. The van der Waals surface area contributed by atoms with Crippen molar-refractivity contribution < 1.29 is 27.5 Å².